The van der Waals surface area contributed by atoms with Crippen molar-refractivity contribution in [2.75, 3.05) is 13.2 Å². The fourth-order valence-corrected chi connectivity index (χ4v) is 1.21. The summed E-state index contributed by atoms with van der Waals surface area (Å²) < 4.78 is 5.21. The molecular formula is C7H15NO3. The van der Waals surface area contributed by atoms with E-state index in [1.807, 2.05) is 0 Å². The number of ether oxygens (including phenoxy) is 1. The number of hydrogen-bond donors (Lipinski definition) is 3. The predicted molar refractivity (Wildman–Crippen MR) is 40.0 cm³/mol. The number of aliphatic hydroxyl groups is 2. The van der Waals surface area contributed by atoms with E-state index in [-0.39, 0.29) is 18.8 Å². The summed E-state index contributed by atoms with van der Waals surface area (Å²) in [6.07, 6.45) is 0.632. The van der Waals surface area contributed by atoms with Gasteiger partial charge in [-0.1, -0.05) is 0 Å². The third-order valence-corrected chi connectivity index (χ3v) is 1.96. The highest BCUT2D eigenvalue weighted by atomic mass is 16.5. The van der Waals surface area contributed by atoms with Gasteiger partial charge in [0.25, 0.3) is 0 Å². The van der Waals surface area contributed by atoms with Gasteiger partial charge in [-0.05, 0) is 12.8 Å². The Kier molecular flexibility index (Phi) is 3.26. The zero-order valence-electron chi connectivity index (χ0n) is 6.44. The standard InChI is InChI=1S/C7H15NO3/c8-5-1-2-7(11-4-5)6(10)3-9/h5-7,9-10H,1-4,8H2/t5?,6?,7-/m0/s1. The van der Waals surface area contributed by atoms with Gasteiger partial charge < -0.3 is 20.7 Å². The second-order valence-electron chi connectivity index (χ2n) is 2.96. The average molecular weight is 161 g/mol. The molecule has 1 rings (SSSR count). The van der Waals surface area contributed by atoms with Gasteiger partial charge in [0.1, 0.15) is 6.10 Å². The lowest BCUT2D eigenvalue weighted by molar-refractivity contribution is -0.0833. The molecule has 0 spiro atoms. The van der Waals surface area contributed by atoms with Gasteiger partial charge in [-0.2, -0.15) is 0 Å². The smallest absolute Gasteiger partial charge is 0.103 e. The third-order valence-electron chi connectivity index (χ3n) is 1.96. The molecule has 2 unspecified atom stereocenters. The first-order valence-corrected chi connectivity index (χ1v) is 3.90. The largest absolute Gasteiger partial charge is 0.394 e. The van der Waals surface area contributed by atoms with Crippen LogP contribution < -0.4 is 5.73 Å². The van der Waals surface area contributed by atoms with E-state index < -0.39 is 6.10 Å². The van der Waals surface area contributed by atoms with Crippen molar-refractivity contribution < 1.29 is 14.9 Å². The molecular weight excluding hydrogens is 146 g/mol. The number of hydrogen-bond acceptors (Lipinski definition) is 4. The fourth-order valence-electron chi connectivity index (χ4n) is 1.21. The molecule has 11 heavy (non-hydrogen) atoms. The first kappa shape index (κ1) is 8.93. The monoisotopic (exact) mass is 161 g/mol. The predicted octanol–water partition coefficient (Wildman–Crippen LogP) is -1.15. The summed E-state index contributed by atoms with van der Waals surface area (Å²) in [4.78, 5) is 0. The van der Waals surface area contributed by atoms with Crippen LogP contribution >= 0.6 is 0 Å². The van der Waals surface area contributed by atoms with Gasteiger partial charge in [0.2, 0.25) is 0 Å². The number of rotatable bonds is 2. The first-order chi connectivity index (χ1) is 5.24. The van der Waals surface area contributed by atoms with Gasteiger partial charge in [0, 0.05) is 6.04 Å². The highest BCUT2D eigenvalue weighted by molar-refractivity contribution is 4.76. The summed E-state index contributed by atoms with van der Waals surface area (Å²) in [6.45, 7) is 0.252. The highest BCUT2D eigenvalue weighted by Gasteiger charge is 2.24. The maximum Gasteiger partial charge on any atom is 0.103 e. The molecule has 3 atom stereocenters. The molecule has 1 aliphatic heterocycles. The molecule has 1 fully saturated rings. The number of nitrogens with two attached hydrogens (primary N) is 1. The summed E-state index contributed by atoms with van der Waals surface area (Å²) in [5.74, 6) is 0. The molecule has 1 aliphatic rings. The van der Waals surface area contributed by atoms with Gasteiger partial charge in [0.05, 0.1) is 19.3 Å². The lowest BCUT2D eigenvalue weighted by Gasteiger charge is -2.29. The van der Waals surface area contributed by atoms with Crippen molar-refractivity contribution in [3.63, 3.8) is 0 Å². The van der Waals surface area contributed by atoms with Crippen LogP contribution in [0.4, 0.5) is 0 Å². The summed E-state index contributed by atoms with van der Waals surface area (Å²) in [6, 6.07) is 0.0946. The van der Waals surface area contributed by atoms with Crippen LogP contribution in [0.15, 0.2) is 0 Å². The van der Waals surface area contributed by atoms with Crippen molar-refractivity contribution in [2.45, 2.75) is 31.1 Å². The van der Waals surface area contributed by atoms with E-state index in [0.29, 0.717) is 6.61 Å². The van der Waals surface area contributed by atoms with Crippen LogP contribution in [0.2, 0.25) is 0 Å². The quantitative estimate of drug-likeness (QED) is 0.478. The second kappa shape index (κ2) is 4.01. The Morgan fingerprint density at radius 3 is 2.73 bits per heavy atom. The zero-order chi connectivity index (χ0) is 8.27. The van der Waals surface area contributed by atoms with Crippen molar-refractivity contribution in [3.05, 3.63) is 0 Å². The molecule has 66 valence electrons. The second-order valence-corrected chi connectivity index (χ2v) is 2.96. The van der Waals surface area contributed by atoms with Crippen molar-refractivity contribution in [3.8, 4) is 0 Å². The Hall–Kier alpha value is -0.160. The molecule has 0 saturated carbocycles. The Morgan fingerprint density at radius 2 is 2.27 bits per heavy atom. The van der Waals surface area contributed by atoms with Crippen LogP contribution in [0.3, 0.4) is 0 Å². The lowest BCUT2D eigenvalue weighted by atomic mass is 10.0. The molecule has 0 aromatic rings. The van der Waals surface area contributed by atoms with Crippen LogP contribution in [0.1, 0.15) is 12.8 Å². The first-order valence-electron chi connectivity index (χ1n) is 3.90. The molecule has 0 aromatic heterocycles. The van der Waals surface area contributed by atoms with Crippen molar-refractivity contribution in [1.29, 1.82) is 0 Å². The number of aliphatic hydroxyl groups excluding tert-OH is 2. The van der Waals surface area contributed by atoms with Gasteiger partial charge in [-0.15, -0.1) is 0 Å². The van der Waals surface area contributed by atoms with E-state index in [2.05, 4.69) is 0 Å². The summed E-state index contributed by atoms with van der Waals surface area (Å²) in [5.41, 5.74) is 5.57. The van der Waals surface area contributed by atoms with E-state index >= 15 is 0 Å². The van der Waals surface area contributed by atoms with Gasteiger partial charge in [-0.25, -0.2) is 0 Å². The highest BCUT2D eigenvalue weighted by Crippen LogP contribution is 2.14. The topological polar surface area (TPSA) is 75.7 Å². The lowest BCUT2D eigenvalue weighted by Crippen LogP contribution is -2.42. The molecule has 0 bridgehead atoms. The maximum absolute atomic E-state index is 9.15. The molecule has 1 heterocycles. The van der Waals surface area contributed by atoms with Crippen molar-refractivity contribution >= 4 is 0 Å². The average Bonchev–Trinajstić information content (AvgIpc) is 2.05. The van der Waals surface area contributed by atoms with Crippen LogP contribution in [-0.2, 0) is 4.74 Å². The Bertz CT molecular complexity index is 112. The van der Waals surface area contributed by atoms with E-state index in [9.17, 15) is 0 Å². The van der Waals surface area contributed by atoms with Crippen LogP contribution in [0.5, 0.6) is 0 Å². The van der Waals surface area contributed by atoms with Gasteiger partial charge in [-0.3, -0.25) is 0 Å². The van der Waals surface area contributed by atoms with Crippen molar-refractivity contribution in [1.82, 2.24) is 0 Å². The van der Waals surface area contributed by atoms with E-state index in [0.717, 1.165) is 12.8 Å². The Morgan fingerprint density at radius 1 is 1.55 bits per heavy atom. The fraction of sp³-hybridized carbons (Fsp3) is 1.00. The molecule has 4 nitrogen and oxygen atoms in total. The normalized spacial score (nSPS) is 35.2. The Labute approximate surface area is 66.0 Å². The van der Waals surface area contributed by atoms with Crippen LogP contribution in [-0.4, -0.2) is 41.7 Å². The summed E-state index contributed by atoms with van der Waals surface area (Å²) >= 11 is 0. The summed E-state index contributed by atoms with van der Waals surface area (Å²) in [5, 5.41) is 17.7. The molecule has 0 aliphatic carbocycles. The Balaban J connectivity index is 2.27. The molecule has 1 saturated heterocycles. The maximum atomic E-state index is 9.15. The minimum absolute atomic E-state index is 0.0946. The minimum atomic E-state index is -0.748. The van der Waals surface area contributed by atoms with Crippen molar-refractivity contribution in [2.24, 2.45) is 5.73 Å². The minimum Gasteiger partial charge on any atom is -0.394 e. The zero-order valence-corrected chi connectivity index (χ0v) is 6.44. The van der Waals surface area contributed by atoms with Gasteiger partial charge in [0.15, 0.2) is 0 Å². The molecule has 4 N–H and O–H groups in total. The summed E-state index contributed by atoms with van der Waals surface area (Å²) in [7, 11) is 0. The van der Waals surface area contributed by atoms with Crippen LogP contribution in [0.25, 0.3) is 0 Å². The van der Waals surface area contributed by atoms with Gasteiger partial charge >= 0.3 is 0 Å². The van der Waals surface area contributed by atoms with E-state index in [1.54, 1.807) is 0 Å². The SMILES string of the molecule is NC1CC[C@@H](C(O)CO)OC1. The molecule has 0 aromatic carbocycles. The molecule has 0 amide bonds. The van der Waals surface area contributed by atoms with Crippen LogP contribution in [0, 0.1) is 0 Å². The van der Waals surface area contributed by atoms with E-state index in [1.165, 1.54) is 0 Å². The third kappa shape index (κ3) is 2.41. The van der Waals surface area contributed by atoms with E-state index in [4.69, 9.17) is 20.7 Å². The molecule has 4 heteroatoms. The molecule has 0 radical (unpaired) electrons.